The number of fused-ring (bicyclic) bond motifs is 3. The van der Waals surface area contributed by atoms with Gasteiger partial charge in [-0.3, -0.25) is 0 Å². The molecule has 3 aliphatic rings. The fraction of sp³-hybridized carbons (Fsp3) is 0.917. The van der Waals surface area contributed by atoms with E-state index in [0.717, 1.165) is 6.29 Å². The van der Waals surface area contributed by atoms with E-state index < -0.39 is 30.1 Å². The molecule has 6 heteroatoms. The molecule has 5 atom stereocenters. The van der Waals surface area contributed by atoms with Crippen molar-refractivity contribution in [3.05, 3.63) is 0 Å². The minimum Gasteiger partial charge on any atom is -0.342 e. The topological polar surface area (TPSA) is 63.2 Å². The van der Waals surface area contributed by atoms with Gasteiger partial charge in [-0.15, -0.1) is 0 Å². The first-order valence-electron chi connectivity index (χ1n) is 6.13. The predicted octanol–water partition coefficient (Wildman–Crippen LogP) is 0.582. The summed E-state index contributed by atoms with van der Waals surface area (Å²) in [6.45, 7) is 7.23. The monoisotopic (exact) mass is 258 g/mol. The average Bonchev–Trinajstić information content (AvgIpc) is 2.71. The maximum absolute atomic E-state index is 11.1. The molecule has 18 heavy (non-hydrogen) atoms. The lowest BCUT2D eigenvalue weighted by Crippen LogP contribution is -2.55. The van der Waals surface area contributed by atoms with E-state index in [0.29, 0.717) is 0 Å². The Bertz CT molecular complexity index is 366. The van der Waals surface area contributed by atoms with Crippen molar-refractivity contribution in [1.29, 1.82) is 0 Å². The second kappa shape index (κ2) is 3.74. The first-order valence-corrected chi connectivity index (χ1v) is 6.13. The zero-order valence-corrected chi connectivity index (χ0v) is 10.9. The molecule has 3 heterocycles. The molecule has 1 unspecified atom stereocenters. The van der Waals surface area contributed by atoms with Gasteiger partial charge in [0, 0.05) is 0 Å². The molecular weight excluding hydrogens is 240 g/mol. The van der Waals surface area contributed by atoms with E-state index in [-0.39, 0.29) is 12.2 Å². The van der Waals surface area contributed by atoms with Crippen molar-refractivity contribution in [2.24, 2.45) is 0 Å². The Kier molecular flexibility index (Phi) is 2.60. The summed E-state index contributed by atoms with van der Waals surface area (Å²) in [5.74, 6) is -1.49. The lowest BCUT2D eigenvalue weighted by atomic mass is 10.00. The highest BCUT2D eigenvalue weighted by Gasteiger charge is 2.60. The molecule has 3 fully saturated rings. The van der Waals surface area contributed by atoms with Gasteiger partial charge >= 0.3 is 0 Å². The van der Waals surface area contributed by atoms with Crippen LogP contribution in [0.1, 0.15) is 27.7 Å². The Morgan fingerprint density at radius 2 is 1.39 bits per heavy atom. The molecule has 6 nitrogen and oxygen atoms in total. The SMILES string of the molecule is CC1(C)O[C@H]2OC(C=O)[C@@H]3OC(C)(C)O[C@@H]3[C@H]2O1. The molecule has 0 aromatic carbocycles. The number of carbonyl (C=O) groups excluding carboxylic acids is 1. The van der Waals surface area contributed by atoms with Crippen molar-refractivity contribution in [2.75, 3.05) is 0 Å². The second-order valence-electron chi connectivity index (χ2n) is 5.77. The molecule has 0 radical (unpaired) electrons. The van der Waals surface area contributed by atoms with Crippen molar-refractivity contribution in [3.8, 4) is 0 Å². The molecule has 3 aliphatic heterocycles. The van der Waals surface area contributed by atoms with Crippen LogP contribution >= 0.6 is 0 Å². The fourth-order valence-electron chi connectivity index (χ4n) is 2.75. The summed E-state index contributed by atoms with van der Waals surface area (Å²) in [5.41, 5.74) is 0. The van der Waals surface area contributed by atoms with E-state index in [2.05, 4.69) is 0 Å². The Morgan fingerprint density at radius 3 is 2.06 bits per heavy atom. The summed E-state index contributed by atoms with van der Waals surface area (Å²) < 4.78 is 28.5. The largest absolute Gasteiger partial charge is 0.342 e. The Labute approximate surface area is 105 Å². The third-order valence-corrected chi connectivity index (χ3v) is 3.32. The number of rotatable bonds is 1. The minimum absolute atomic E-state index is 0.351. The maximum Gasteiger partial charge on any atom is 0.190 e. The first-order chi connectivity index (χ1) is 8.31. The number of ether oxygens (including phenoxy) is 5. The first kappa shape index (κ1) is 12.5. The Hall–Kier alpha value is -0.530. The lowest BCUT2D eigenvalue weighted by molar-refractivity contribution is -0.226. The van der Waals surface area contributed by atoms with Gasteiger partial charge in [-0.1, -0.05) is 0 Å². The maximum atomic E-state index is 11.1. The zero-order chi connectivity index (χ0) is 13.1. The van der Waals surface area contributed by atoms with E-state index in [4.69, 9.17) is 23.7 Å². The van der Waals surface area contributed by atoms with Crippen LogP contribution in [0, 0.1) is 0 Å². The van der Waals surface area contributed by atoms with Gasteiger partial charge in [-0.2, -0.15) is 0 Å². The number of aldehydes is 1. The highest BCUT2D eigenvalue weighted by molar-refractivity contribution is 5.58. The van der Waals surface area contributed by atoms with Crippen LogP contribution in [0.4, 0.5) is 0 Å². The van der Waals surface area contributed by atoms with E-state index in [1.807, 2.05) is 13.8 Å². The zero-order valence-electron chi connectivity index (χ0n) is 10.9. The van der Waals surface area contributed by atoms with E-state index in [1.165, 1.54) is 0 Å². The van der Waals surface area contributed by atoms with Gasteiger partial charge in [0.05, 0.1) is 0 Å². The summed E-state index contributed by atoms with van der Waals surface area (Å²) >= 11 is 0. The van der Waals surface area contributed by atoms with Gasteiger partial charge in [0.2, 0.25) is 0 Å². The fourth-order valence-corrected chi connectivity index (χ4v) is 2.75. The van der Waals surface area contributed by atoms with Crippen LogP contribution in [0.15, 0.2) is 0 Å². The molecule has 102 valence electrons. The molecule has 0 bridgehead atoms. The predicted molar refractivity (Wildman–Crippen MR) is 58.6 cm³/mol. The number of hydrogen-bond donors (Lipinski definition) is 0. The Balaban J connectivity index is 1.89. The van der Waals surface area contributed by atoms with Crippen LogP contribution in [-0.2, 0) is 28.5 Å². The van der Waals surface area contributed by atoms with Gasteiger partial charge < -0.3 is 28.5 Å². The third-order valence-electron chi connectivity index (χ3n) is 3.32. The Morgan fingerprint density at radius 1 is 0.833 bits per heavy atom. The number of hydrogen-bond acceptors (Lipinski definition) is 6. The van der Waals surface area contributed by atoms with Crippen LogP contribution in [-0.4, -0.2) is 48.6 Å². The van der Waals surface area contributed by atoms with Crippen molar-refractivity contribution in [1.82, 2.24) is 0 Å². The molecule has 0 N–H and O–H groups in total. The summed E-state index contributed by atoms with van der Waals surface area (Å²) in [6, 6.07) is 0. The summed E-state index contributed by atoms with van der Waals surface area (Å²) in [6.07, 6.45) is -1.72. The standard InChI is InChI=1S/C12H18O6/c1-11(2)15-7-6(5-13)14-10-9(8(7)16-11)17-12(3,4)18-10/h5-10H,1-4H3/t6?,7-,8-,9+,10+/m0/s1. The van der Waals surface area contributed by atoms with Crippen LogP contribution in [0.2, 0.25) is 0 Å². The van der Waals surface area contributed by atoms with Gasteiger partial charge in [0.1, 0.15) is 24.4 Å². The summed E-state index contributed by atoms with van der Waals surface area (Å²) in [5, 5.41) is 0. The van der Waals surface area contributed by atoms with Crippen LogP contribution in [0.3, 0.4) is 0 Å². The average molecular weight is 258 g/mol. The summed E-state index contributed by atoms with van der Waals surface area (Å²) in [4.78, 5) is 11.1. The second-order valence-corrected chi connectivity index (χ2v) is 5.77. The van der Waals surface area contributed by atoms with Crippen molar-refractivity contribution >= 4 is 6.29 Å². The van der Waals surface area contributed by atoms with Crippen molar-refractivity contribution < 1.29 is 28.5 Å². The molecule has 0 aromatic rings. The molecule has 0 aromatic heterocycles. The van der Waals surface area contributed by atoms with E-state index in [9.17, 15) is 4.79 Å². The molecule has 0 saturated carbocycles. The molecule has 0 aliphatic carbocycles. The van der Waals surface area contributed by atoms with Crippen LogP contribution in [0.25, 0.3) is 0 Å². The number of carbonyl (C=O) groups is 1. The van der Waals surface area contributed by atoms with Crippen LogP contribution in [0.5, 0.6) is 0 Å². The molecular formula is C12H18O6. The van der Waals surface area contributed by atoms with E-state index >= 15 is 0 Å². The smallest absolute Gasteiger partial charge is 0.190 e. The van der Waals surface area contributed by atoms with Gasteiger partial charge in [-0.25, -0.2) is 0 Å². The molecule has 3 rings (SSSR count). The van der Waals surface area contributed by atoms with E-state index in [1.54, 1.807) is 13.8 Å². The quantitative estimate of drug-likeness (QED) is 0.641. The highest BCUT2D eigenvalue weighted by Crippen LogP contribution is 2.43. The molecule has 0 spiro atoms. The molecule has 0 amide bonds. The highest BCUT2D eigenvalue weighted by atomic mass is 16.9. The van der Waals surface area contributed by atoms with Crippen LogP contribution < -0.4 is 0 Å². The minimum atomic E-state index is -0.745. The van der Waals surface area contributed by atoms with Crippen molar-refractivity contribution in [2.45, 2.75) is 70.0 Å². The van der Waals surface area contributed by atoms with Crippen molar-refractivity contribution in [3.63, 3.8) is 0 Å². The van der Waals surface area contributed by atoms with Gasteiger partial charge in [-0.05, 0) is 27.7 Å². The normalized spacial score (nSPS) is 48.6. The third kappa shape index (κ3) is 1.88. The lowest BCUT2D eigenvalue weighted by Gasteiger charge is -2.34. The van der Waals surface area contributed by atoms with Gasteiger partial charge in [0.15, 0.2) is 24.2 Å². The summed E-state index contributed by atoms with van der Waals surface area (Å²) in [7, 11) is 0. The van der Waals surface area contributed by atoms with Gasteiger partial charge in [0.25, 0.3) is 0 Å². The molecule has 3 saturated heterocycles.